The molecule has 0 aromatic heterocycles. The van der Waals surface area contributed by atoms with Gasteiger partial charge in [0.1, 0.15) is 13.2 Å². The van der Waals surface area contributed by atoms with E-state index in [0.717, 1.165) is 109 Å². The van der Waals surface area contributed by atoms with Crippen LogP contribution in [0, 0.1) is 0 Å². The van der Waals surface area contributed by atoms with Crippen LogP contribution in [0.25, 0.3) is 0 Å². The number of carbonyl (C=O) groups excluding carboxylic acids is 3. The molecule has 0 aliphatic heterocycles. The fourth-order valence-corrected chi connectivity index (χ4v) is 10.1. The third kappa shape index (κ3) is 67.1. The molecule has 0 saturated carbocycles. The molecule has 0 amide bonds. The third-order valence-electron chi connectivity index (χ3n) is 15.4. The Morgan fingerprint density at radius 2 is 0.476 bits per heavy atom. The van der Waals surface area contributed by atoms with Crippen molar-refractivity contribution in [1.82, 2.24) is 0 Å². The van der Waals surface area contributed by atoms with Gasteiger partial charge in [-0.05, 0) is 83.5 Å². The number of ether oxygens (including phenoxy) is 3. The van der Waals surface area contributed by atoms with Crippen molar-refractivity contribution in [2.45, 2.75) is 354 Å². The first kappa shape index (κ1) is 78.3. The first-order valence-electron chi connectivity index (χ1n) is 35.2. The molecular formula is C76H132O6. The van der Waals surface area contributed by atoms with Crippen molar-refractivity contribution in [2.75, 3.05) is 13.2 Å². The Morgan fingerprint density at radius 1 is 0.256 bits per heavy atom. The van der Waals surface area contributed by atoms with E-state index in [4.69, 9.17) is 14.2 Å². The molecule has 1 unspecified atom stereocenters. The van der Waals surface area contributed by atoms with Crippen molar-refractivity contribution < 1.29 is 28.6 Å². The summed E-state index contributed by atoms with van der Waals surface area (Å²) in [6.45, 7) is 6.54. The molecule has 0 fully saturated rings. The van der Waals surface area contributed by atoms with E-state index in [9.17, 15) is 14.4 Å². The summed E-state index contributed by atoms with van der Waals surface area (Å²) in [5.41, 5.74) is 0. The lowest BCUT2D eigenvalue weighted by Crippen LogP contribution is -2.30. The lowest BCUT2D eigenvalue weighted by Gasteiger charge is -2.18. The molecule has 0 radical (unpaired) electrons. The van der Waals surface area contributed by atoms with Crippen LogP contribution in [0.3, 0.4) is 0 Å². The maximum Gasteiger partial charge on any atom is 0.306 e. The van der Waals surface area contributed by atoms with Gasteiger partial charge in [-0.15, -0.1) is 0 Å². The lowest BCUT2D eigenvalue weighted by atomic mass is 10.0. The van der Waals surface area contributed by atoms with Crippen molar-refractivity contribution in [3.63, 3.8) is 0 Å². The smallest absolute Gasteiger partial charge is 0.306 e. The molecule has 0 bridgehead atoms. The van der Waals surface area contributed by atoms with Crippen LogP contribution in [0.15, 0.2) is 97.2 Å². The maximum atomic E-state index is 13.0. The molecule has 6 heteroatoms. The highest BCUT2D eigenvalue weighted by Crippen LogP contribution is 2.18. The highest BCUT2D eigenvalue weighted by molar-refractivity contribution is 5.71. The normalized spacial score (nSPS) is 12.7. The molecule has 6 nitrogen and oxygen atoms in total. The molecule has 0 rings (SSSR count). The average molecular weight is 1140 g/mol. The summed E-state index contributed by atoms with van der Waals surface area (Å²) in [5, 5.41) is 0. The van der Waals surface area contributed by atoms with Crippen molar-refractivity contribution in [3.05, 3.63) is 97.2 Å². The van der Waals surface area contributed by atoms with Crippen molar-refractivity contribution in [2.24, 2.45) is 0 Å². The summed E-state index contributed by atoms with van der Waals surface area (Å²) in [4.78, 5) is 38.4. The van der Waals surface area contributed by atoms with Crippen LogP contribution in [0.5, 0.6) is 0 Å². The van der Waals surface area contributed by atoms with E-state index in [2.05, 4.69) is 118 Å². The van der Waals surface area contributed by atoms with Crippen LogP contribution in [0.2, 0.25) is 0 Å². The molecule has 0 aromatic carbocycles. The van der Waals surface area contributed by atoms with Crippen LogP contribution < -0.4 is 0 Å². The van der Waals surface area contributed by atoms with E-state index in [-0.39, 0.29) is 31.1 Å². The van der Waals surface area contributed by atoms with E-state index >= 15 is 0 Å². The summed E-state index contributed by atoms with van der Waals surface area (Å²) in [7, 11) is 0. The van der Waals surface area contributed by atoms with Crippen LogP contribution in [-0.2, 0) is 28.6 Å². The Bertz CT molecular complexity index is 1590. The lowest BCUT2D eigenvalue weighted by molar-refractivity contribution is -0.167. The number of hydrogen-bond acceptors (Lipinski definition) is 6. The van der Waals surface area contributed by atoms with Gasteiger partial charge in [-0.25, -0.2) is 0 Å². The molecule has 0 N–H and O–H groups in total. The van der Waals surface area contributed by atoms with E-state index in [0.29, 0.717) is 19.3 Å². The monoisotopic (exact) mass is 1140 g/mol. The highest BCUT2D eigenvalue weighted by atomic mass is 16.6. The Labute approximate surface area is 508 Å². The van der Waals surface area contributed by atoms with Gasteiger partial charge in [0.15, 0.2) is 6.10 Å². The molecular weight excluding hydrogens is 1010 g/mol. The molecule has 0 saturated heterocycles. The Kier molecular flexibility index (Phi) is 66.7. The Morgan fingerprint density at radius 3 is 0.744 bits per heavy atom. The second-order valence-corrected chi connectivity index (χ2v) is 23.4. The molecule has 0 aliphatic rings. The summed E-state index contributed by atoms with van der Waals surface area (Å²) >= 11 is 0. The number of allylic oxidation sites excluding steroid dienone is 16. The first-order valence-corrected chi connectivity index (χ1v) is 35.2. The van der Waals surface area contributed by atoms with Crippen molar-refractivity contribution >= 4 is 17.9 Å². The second kappa shape index (κ2) is 69.8. The predicted molar refractivity (Wildman–Crippen MR) is 357 cm³/mol. The largest absolute Gasteiger partial charge is 0.462 e. The zero-order chi connectivity index (χ0) is 59.2. The fraction of sp³-hybridized carbons (Fsp3) is 0.750. The molecule has 0 heterocycles. The van der Waals surface area contributed by atoms with Gasteiger partial charge in [-0.3, -0.25) is 14.4 Å². The van der Waals surface area contributed by atoms with Crippen LogP contribution in [-0.4, -0.2) is 37.2 Å². The van der Waals surface area contributed by atoms with Crippen LogP contribution in [0.1, 0.15) is 348 Å². The second-order valence-electron chi connectivity index (χ2n) is 23.4. The standard InChI is InChI=1S/C76H132O6/c1-4-7-10-13-16-19-22-25-28-30-32-34-36-37-38-39-41-42-44-46-48-51-54-57-60-63-66-69-75(78)81-72-73(71-80-74(77)68-65-62-59-56-53-50-27-24-21-18-15-12-9-6-3)82-76(79)70-67-64-61-58-55-52-49-47-45-43-40-35-33-31-29-26-23-20-17-14-11-8-5-2/h7,10,16,19,25,28,32,34,37-38,41-42,46,48,54,57,73H,4-6,8-9,11-15,17-18,20-24,26-27,29-31,33,35-36,39-40,43-45,47,49-53,55-56,58-72H2,1-3H3/b10-7-,19-16-,28-25-,34-32-,38-37-,42-41-,48-46-,57-54-. The summed E-state index contributed by atoms with van der Waals surface area (Å²) < 4.78 is 17.0. The third-order valence-corrected chi connectivity index (χ3v) is 15.4. The van der Waals surface area contributed by atoms with Gasteiger partial charge in [-0.2, -0.15) is 0 Å². The summed E-state index contributed by atoms with van der Waals surface area (Å²) in [6.07, 6.45) is 94.3. The minimum Gasteiger partial charge on any atom is -0.462 e. The molecule has 82 heavy (non-hydrogen) atoms. The predicted octanol–water partition coefficient (Wildman–Crippen LogP) is 24.4. The maximum absolute atomic E-state index is 13.0. The topological polar surface area (TPSA) is 78.9 Å². The van der Waals surface area contributed by atoms with E-state index in [1.807, 2.05) is 0 Å². The zero-order valence-corrected chi connectivity index (χ0v) is 54.2. The number of hydrogen-bond donors (Lipinski definition) is 0. The number of unbranched alkanes of at least 4 members (excludes halogenated alkanes) is 37. The van der Waals surface area contributed by atoms with E-state index in [1.165, 1.54) is 199 Å². The van der Waals surface area contributed by atoms with Gasteiger partial charge in [-0.1, -0.05) is 343 Å². The van der Waals surface area contributed by atoms with Crippen molar-refractivity contribution in [3.8, 4) is 0 Å². The zero-order valence-electron chi connectivity index (χ0n) is 54.2. The van der Waals surface area contributed by atoms with Gasteiger partial charge >= 0.3 is 17.9 Å². The Balaban J connectivity index is 4.38. The number of esters is 3. The fourth-order valence-electron chi connectivity index (χ4n) is 10.1. The van der Waals surface area contributed by atoms with Gasteiger partial charge < -0.3 is 14.2 Å². The van der Waals surface area contributed by atoms with E-state index in [1.54, 1.807) is 0 Å². The molecule has 1 atom stereocenters. The first-order chi connectivity index (χ1) is 40.5. The molecule has 0 aromatic rings. The van der Waals surface area contributed by atoms with Gasteiger partial charge in [0.25, 0.3) is 0 Å². The minimum atomic E-state index is -0.795. The number of carbonyl (C=O) groups is 3. The quantitative estimate of drug-likeness (QED) is 0.0261. The summed E-state index contributed by atoms with van der Waals surface area (Å²) in [6, 6.07) is 0. The van der Waals surface area contributed by atoms with Gasteiger partial charge in [0.05, 0.1) is 0 Å². The van der Waals surface area contributed by atoms with E-state index < -0.39 is 6.10 Å². The molecule has 0 aliphatic carbocycles. The van der Waals surface area contributed by atoms with Crippen LogP contribution >= 0.6 is 0 Å². The van der Waals surface area contributed by atoms with Crippen molar-refractivity contribution in [1.29, 1.82) is 0 Å². The van der Waals surface area contributed by atoms with Gasteiger partial charge in [0, 0.05) is 19.3 Å². The SMILES string of the molecule is CC/C=C\C/C=C\C/C=C\C/C=C\C/C=C\C/C=C\C/C=C\C/C=C\CCCCC(=O)OCC(COC(=O)CCCCCCCCCCCCCCCC)OC(=O)CCCCCCCCCCCCCCCCCCCCCCCCC. The minimum absolute atomic E-state index is 0.0868. The number of rotatable bonds is 64. The molecule has 472 valence electrons. The Hall–Kier alpha value is -3.67. The highest BCUT2D eigenvalue weighted by Gasteiger charge is 2.19. The summed E-state index contributed by atoms with van der Waals surface area (Å²) in [5.74, 6) is -0.914. The average Bonchev–Trinajstić information content (AvgIpc) is 3.48. The van der Waals surface area contributed by atoms with Crippen LogP contribution in [0.4, 0.5) is 0 Å². The molecule has 0 spiro atoms. The van der Waals surface area contributed by atoms with Gasteiger partial charge in [0.2, 0.25) is 0 Å².